The first kappa shape index (κ1) is 6.03. The van der Waals surface area contributed by atoms with Crippen molar-refractivity contribution in [2.45, 2.75) is 0 Å². The van der Waals surface area contributed by atoms with Crippen LogP contribution < -0.4 is 11.1 Å². The molecule has 0 saturated heterocycles. The number of aromatic nitrogens is 1. The number of amides is 2. The van der Waals surface area contributed by atoms with Gasteiger partial charge in [0.2, 0.25) is 0 Å². The first-order chi connectivity index (χ1) is 4.29. The van der Waals surface area contributed by atoms with E-state index >= 15 is 0 Å². The average molecular weight is 143 g/mol. The molecule has 0 radical (unpaired) electrons. The van der Waals surface area contributed by atoms with Crippen molar-refractivity contribution in [1.29, 1.82) is 0 Å². The Bertz CT molecular complexity index is 196. The minimum atomic E-state index is -0.583. The summed E-state index contributed by atoms with van der Waals surface area (Å²) in [5.41, 5.74) is 4.80. The molecule has 3 N–H and O–H groups in total. The Kier molecular flexibility index (Phi) is 1.64. The molecule has 0 aromatic carbocycles. The fourth-order valence-electron chi connectivity index (χ4n) is 0.403. The van der Waals surface area contributed by atoms with Crippen LogP contribution in [0.3, 0.4) is 0 Å². The standard InChI is InChI=1S/C4H5N3OS/c5-4(8)6-3-1-2-9-7-3/h1-2H,(H3,5,6,7,8). The lowest BCUT2D eigenvalue weighted by atomic mass is 10.6. The van der Waals surface area contributed by atoms with Crippen LogP contribution >= 0.6 is 11.5 Å². The fraction of sp³-hybridized carbons (Fsp3) is 0. The second-order valence-electron chi connectivity index (χ2n) is 1.37. The molecular formula is C4H5N3OS. The van der Waals surface area contributed by atoms with Gasteiger partial charge in [0.25, 0.3) is 0 Å². The average Bonchev–Trinajstić information content (AvgIpc) is 2.15. The Morgan fingerprint density at radius 3 is 3.11 bits per heavy atom. The zero-order valence-corrected chi connectivity index (χ0v) is 5.31. The third-order valence-electron chi connectivity index (χ3n) is 0.689. The van der Waals surface area contributed by atoms with Gasteiger partial charge in [-0.05, 0) is 17.6 Å². The van der Waals surface area contributed by atoms with Gasteiger partial charge in [0, 0.05) is 5.38 Å². The largest absolute Gasteiger partial charge is 0.351 e. The van der Waals surface area contributed by atoms with Gasteiger partial charge in [-0.1, -0.05) is 0 Å². The SMILES string of the molecule is NC(=O)Nc1ccsn1. The number of nitrogens with one attached hydrogen (secondary N) is 1. The molecule has 5 heteroatoms. The molecule has 48 valence electrons. The molecule has 1 aromatic heterocycles. The Morgan fingerprint density at radius 1 is 1.89 bits per heavy atom. The molecule has 1 rings (SSSR count). The van der Waals surface area contributed by atoms with Crippen LogP contribution in [0.25, 0.3) is 0 Å². The van der Waals surface area contributed by atoms with E-state index in [4.69, 9.17) is 5.73 Å². The van der Waals surface area contributed by atoms with E-state index in [1.165, 1.54) is 11.5 Å². The van der Waals surface area contributed by atoms with Gasteiger partial charge < -0.3 is 5.73 Å². The monoisotopic (exact) mass is 143 g/mol. The maximum atomic E-state index is 10.1. The van der Waals surface area contributed by atoms with Gasteiger partial charge in [-0.3, -0.25) is 5.32 Å². The van der Waals surface area contributed by atoms with Gasteiger partial charge in [0.1, 0.15) is 5.82 Å². The number of hydrogen-bond donors (Lipinski definition) is 2. The molecule has 0 bridgehead atoms. The number of nitrogens with zero attached hydrogens (tertiary/aromatic N) is 1. The predicted octanol–water partition coefficient (Wildman–Crippen LogP) is 0.634. The molecule has 4 nitrogen and oxygen atoms in total. The van der Waals surface area contributed by atoms with E-state index in [1.54, 1.807) is 11.4 Å². The van der Waals surface area contributed by atoms with Gasteiger partial charge in [-0.2, -0.15) is 4.37 Å². The minimum Gasteiger partial charge on any atom is -0.351 e. The van der Waals surface area contributed by atoms with E-state index in [-0.39, 0.29) is 0 Å². The van der Waals surface area contributed by atoms with E-state index in [1.807, 2.05) is 0 Å². The van der Waals surface area contributed by atoms with E-state index < -0.39 is 6.03 Å². The highest BCUT2D eigenvalue weighted by Crippen LogP contribution is 2.03. The Hall–Kier alpha value is -1.10. The Labute approximate surface area is 55.8 Å². The molecule has 0 aliphatic rings. The van der Waals surface area contributed by atoms with Gasteiger partial charge in [-0.15, -0.1) is 0 Å². The number of rotatable bonds is 1. The van der Waals surface area contributed by atoms with Crippen molar-refractivity contribution in [2.24, 2.45) is 5.73 Å². The summed E-state index contributed by atoms with van der Waals surface area (Å²) in [7, 11) is 0. The molecule has 1 heterocycles. The topological polar surface area (TPSA) is 68.0 Å². The molecule has 9 heavy (non-hydrogen) atoms. The third kappa shape index (κ3) is 1.69. The highest BCUT2D eigenvalue weighted by Gasteiger charge is 1.94. The molecule has 2 amide bonds. The summed E-state index contributed by atoms with van der Waals surface area (Å²) in [6, 6.07) is 1.09. The zero-order chi connectivity index (χ0) is 6.69. The summed E-state index contributed by atoms with van der Waals surface area (Å²) in [6.45, 7) is 0. The number of hydrogen-bond acceptors (Lipinski definition) is 3. The van der Waals surface area contributed by atoms with Crippen molar-refractivity contribution in [2.75, 3.05) is 5.32 Å². The highest BCUT2D eigenvalue weighted by atomic mass is 32.1. The summed E-state index contributed by atoms with van der Waals surface area (Å²) in [5.74, 6) is 0.507. The smallest absolute Gasteiger partial charge is 0.317 e. The predicted molar refractivity (Wildman–Crippen MR) is 35.3 cm³/mol. The van der Waals surface area contributed by atoms with Crippen molar-refractivity contribution in [3.63, 3.8) is 0 Å². The molecule has 0 aliphatic carbocycles. The van der Waals surface area contributed by atoms with Crippen molar-refractivity contribution >= 4 is 23.4 Å². The summed E-state index contributed by atoms with van der Waals surface area (Å²) >= 11 is 1.26. The minimum absolute atomic E-state index is 0.507. The molecule has 1 aromatic rings. The second-order valence-corrected chi connectivity index (χ2v) is 2.04. The first-order valence-electron chi connectivity index (χ1n) is 2.26. The summed E-state index contributed by atoms with van der Waals surface area (Å²) < 4.78 is 3.79. The summed E-state index contributed by atoms with van der Waals surface area (Å²) in [6.07, 6.45) is 0. The maximum absolute atomic E-state index is 10.1. The van der Waals surface area contributed by atoms with Crippen molar-refractivity contribution in [1.82, 2.24) is 4.37 Å². The van der Waals surface area contributed by atoms with Crippen LogP contribution in [0.1, 0.15) is 0 Å². The van der Waals surface area contributed by atoms with Crippen LogP contribution in [0, 0.1) is 0 Å². The highest BCUT2D eigenvalue weighted by molar-refractivity contribution is 7.03. The quantitative estimate of drug-likeness (QED) is 0.605. The summed E-state index contributed by atoms with van der Waals surface area (Å²) in [5, 5.41) is 4.08. The zero-order valence-electron chi connectivity index (χ0n) is 4.50. The van der Waals surface area contributed by atoms with Crippen LogP contribution in [0.4, 0.5) is 10.6 Å². The first-order valence-corrected chi connectivity index (χ1v) is 3.09. The molecule has 0 spiro atoms. The lowest BCUT2D eigenvalue weighted by Gasteiger charge is -1.91. The van der Waals surface area contributed by atoms with Gasteiger partial charge in [-0.25, -0.2) is 4.79 Å². The molecule has 0 saturated carbocycles. The molecule has 0 aliphatic heterocycles. The summed E-state index contributed by atoms with van der Waals surface area (Å²) in [4.78, 5) is 10.1. The van der Waals surface area contributed by atoms with E-state index in [9.17, 15) is 4.79 Å². The number of anilines is 1. The van der Waals surface area contributed by atoms with Crippen LogP contribution in [-0.2, 0) is 0 Å². The lowest BCUT2D eigenvalue weighted by molar-refractivity contribution is 0.259. The second kappa shape index (κ2) is 2.45. The number of urea groups is 1. The van der Waals surface area contributed by atoms with Crippen molar-refractivity contribution in [3.05, 3.63) is 11.4 Å². The van der Waals surface area contributed by atoms with Gasteiger partial charge >= 0.3 is 6.03 Å². The molecule has 0 fully saturated rings. The van der Waals surface area contributed by atoms with Crippen LogP contribution in [0.15, 0.2) is 11.4 Å². The lowest BCUT2D eigenvalue weighted by Crippen LogP contribution is -2.19. The van der Waals surface area contributed by atoms with Crippen molar-refractivity contribution < 1.29 is 4.79 Å². The van der Waals surface area contributed by atoms with Crippen LogP contribution in [0.5, 0.6) is 0 Å². The third-order valence-corrected chi connectivity index (χ3v) is 1.25. The number of carbonyl (C=O) groups is 1. The molecular weight excluding hydrogens is 138 g/mol. The van der Waals surface area contributed by atoms with E-state index in [0.29, 0.717) is 5.82 Å². The van der Waals surface area contributed by atoms with Crippen LogP contribution in [-0.4, -0.2) is 10.4 Å². The fourth-order valence-corrected chi connectivity index (χ4v) is 0.874. The number of carbonyl (C=O) groups excluding carboxylic acids is 1. The van der Waals surface area contributed by atoms with Crippen molar-refractivity contribution in [3.8, 4) is 0 Å². The van der Waals surface area contributed by atoms with E-state index in [2.05, 4.69) is 9.69 Å². The number of primary amides is 1. The normalized spacial score (nSPS) is 8.89. The molecule has 0 atom stereocenters. The van der Waals surface area contributed by atoms with Crippen LogP contribution in [0.2, 0.25) is 0 Å². The Balaban J connectivity index is 2.58. The maximum Gasteiger partial charge on any atom is 0.317 e. The van der Waals surface area contributed by atoms with E-state index in [0.717, 1.165) is 0 Å². The van der Waals surface area contributed by atoms with Gasteiger partial charge in [0.15, 0.2) is 0 Å². The number of nitrogens with two attached hydrogens (primary N) is 1. The Morgan fingerprint density at radius 2 is 2.67 bits per heavy atom. The molecule has 0 unspecified atom stereocenters. The van der Waals surface area contributed by atoms with Gasteiger partial charge in [0.05, 0.1) is 0 Å².